The molecule has 0 aliphatic carbocycles. The van der Waals surface area contributed by atoms with Gasteiger partial charge in [0.1, 0.15) is 5.75 Å². The van der Waals surface area contributed by atoms with Crippen LogP contribution in [0, 0.1) is 0 Å². The van der Waals surface area contributed by atoms with Crippen molar-refractivity contribution < 1.29 is 9.84 Å². The Balaban J connectivity index is 1.97. The molecular weight excluding hydrogens is 228 g/mol. The maximum atomic E-state index is 9.39. The number of methoxy groups -OCH3 is 1. The highest BCUT2D eigenvalue weighted by atomic mass is 16.5. The van der Waals surface area contributed by atoms with Crippen molar-refractivity contribution in [3.63, 3.8) is 0 Å². The number of ether oxygens (including phenoxy) is 1. The zero-order valence-corrected chi connectivity index (χ0v) is 11.2. The lowest BCUT2D eigenvalue weighted by molar-refractivity contribution is 0.122. The van der Waals surface area contributed by atoms with E-state index in [1.54, 1.807) is 7.11 Å². The van der Waals surface area contributed by atoms with Gasteiger partial charge in [-0.05, 0) is 19.1 Å². The first-order valence-electron chi connectivity index (χ1n) is 6.49. The molecule has 0 amide bonds. The first kappa shape index (κ1) is 13.2. The van der Waals surface area contributed by atoms with E-state index < -0.39 is 0 Å². The summed E-state index contributed by atoms with van der Waals surface area (Å²) in [5.41, 5.74) is 1.16. The van der Waals surface area contributed by atoms with E-state index >= 15 is 0 Å². The van der Waals surface area contributed by atoms with E-state index in [1.807, 2.05) is 25.1 Å². The molecule has 0 spiro atoms. The van der Waals surface area contributed by atoms with Gasteiger partial charge in [0.15, 0.2) is 0 Å². The van der Waals surface area contributed by atoms with E-state index in [0.29, 0.717) is 0 Å². The fraction of sp³-hybridized carbons (Fsp3) is 0.571. The molecule has 100 valence electrons. The average Bonchev–Trinajstić information content (AvgIpc) is 2.39. The van der Waals surface area contributed by atoms with Gasteiger partial charge < -0.3 is 14.7 Å². The molecule has 1 fully saturated rings. The van der Waals surface area contributed by atoms with Gasteiger partial charge in [-0.2, -0.15) is 0 Å². The van der Waals surface area contributed by atoms with Gasteiger partial charge in [0, 0.05) is 32.7 Å². The Kier molecular flexibility index (Phi) is 4.44. The van der Waals surface area contributed by atoms with Gasteiger partial charge in [-0.1, -0.05) is 12.1 Å². The second-order valence-electron chi connectivity index (χ2n) is 4.81. The van der Waals surface area contributed by atoms with Gasteiger partial charge in [-0.25, -0.2) is 0 Å². The molecule has 0 saturated carbocycles. The van der Waals surface area contributed by atoms with E-state index in [9.17, 15) is 5.11 Å². The number of nitrogens with zero attached hydrogens (tertiary/aromatic N) is 2. The summed E-state index contributed by atoms with van der Waals surface area (Å²) in [5, 5.41) is 9.39. The molecule has 1 aliphatic rings. The second-order valence-corrected chi connectivity index (χ2v) is 4.81. The highest BCUT2D eigenvalue weighted by molar-refractivity contribution is 5.58. The van der Waals surface area contributed by atoms with Crippen molar-refractivity contribution in [2.24, 2.45) is 0 Å². The van der Waals surface area contributed by atoms with Crippen LogP contribution in [0.1, 0.15) is 6.92 Å². The van der Waals surface area contributed by atoms with Gasteiger partial charge in [0.25, 0.3) is 0 Å². The van der Waals surface area contributed by atoms with Crippen molar-refractivity contribution in [2.75, 3.05) is 44.7 Å². The summed E-state index contributed by atoms with van der Waals surface area (Å²) in [6.07, 6.45) is -0.247. The first-order chi connectivity index (χ1) is 8.70. The van der Waals surface area contributed by atoms with Gasteiger partial charge in [-0.15, -0.1) is 0 Å². The quantitative estimate of drug-likeness (QED) is 0.871. The van der Waals surface area contributed by atoms with Crippen molar-refractivity contribution >= 4 is 5.69 Å². The van der Waals surface area contributed by atoms with Crippen molar-refractivity contribution in [1.29, 1.82) is 0 Å². The van der Waals surface area contributed by atoms with Crippen molar-refractivity contribution in [3.05, 3.63) is 24.3 Å². The summed E-state index contributed by atoms with van der Waals surface area (Å²) < 4.78 is 5.39. The zero-order chi connectivity index (χ0) is 13.0. The molecular formula is C14H22N2O2. The third-order valence-corrected chi connectivity index (χ3v) is 3.32. The molecule has 1 N–H and O–H groups in total. The van der Waals surface area contributed by atoms with Crippen molar-refractivity contribution in [3.8, 4) is 5.75 Å². The van der Waals surface area contributed by atoms with Gasteiger partial charge in [-0.3, -0.25) is 4.90 Å². The van der Waals surface area contributed by atoms with Crippen LogP contribution in [0.25, 0.3) is 0 Å². The minimum Gasteiger partial charge on any atom is -0.495 e. The van der Waals surface area contributed by atoms with E-state index in [-0.39, 0.29) is 6.10 Å². The summed E-state index contributed by atoms with van der Waals surface area (Å²) in [7, 11) is 1.71. The molecule has 4 nitrogen and oxygen atoms in total. The predicted octanol–water partition coefficient (Wildman–Crippen LogP) is 1.20. The number of anilines is 1. The van der Waals surface area contributed by atoms with Gasteiger partial charge >= 0.3 is 0 Å². The molecule has 0 unspecified atom stereocenters. The second kappa shape index (κ2) is 6.07. The highest BCUT2D eigenvalue weighted by Crippen LogP contribution is 2.28. The number of β-amino-alcohol motifs (C(OH)–C–C–N with tert-alkyl or cyclic N) is 1. The van der Waals surface area contributed by atoms with Gasteiger partial charge in [0.05, 0.1) is 18.9 Å². The van der Waals surface area contributed by atoms with E-state index in [1.165, 1.54) is 0 Å². The normalized spacial score (nSPS) is 18.7. The van der Waals surface area contributed by atoms with Crippen LogP contribution in [0.5, 0.6) is 5.75 Å². The lowest BCUT2D eigenvalue weighted by Gasteiger charge is -2.37. The maximum absolute atomic E-state index is 9.39. The first-order valence-corrected chi connectivity index (χ1v) is 6.49. The highest BCUT2D eigenvalue weighted by Gasteiger charge is 2.19. The zero-order valence-electron chi connectivity index (χ0n) is 11.2. The average molecular weight is 250 g/mol. The monoisotopic (exact) mass is 250 g/mol. The fourth-order valence-corrected chi connectivity index (χ4v) is 2.44. The molecule has 2 rings (SSSR count). The molecule has 1 atom stereocenters. The molecule has 1 aromatic carbocycles. The smallest absolute Gasteiger partial charge is 0.142 e. The largest absolute Gasteiger partial charge is 0.495 e. The lowest BCUT2D eigenvalue weighted by Crippen LogP contribution is -2.48. The Morgan fingerprint density at radius 3 is 2.50 bits per heavy atom. The van der Waals surface area contributed by atoms with E-state index in [2.05, 4.69) is 15.9 Å². The molecule has 1 aromatic rings. The van der Waals surface area contributed by atoms with Crippen LogP contribution in [0.3, 0.4) is 0 Å². The summed E-state index contributed by atoms with van der Waals surface area (Å²) in [5.74, 6) is 0.932. The number of hydrogen-bond donors (Lipinski definition) is 1. The van der Waals surface area contributed by atoms with Crippen molar-refractivity contribution in [1.82, 2.24) is 4.90 Å². The summed E-state index contributed by atoms with van der Waals surface area (Å²) >= 11 is 0. The number of benzene rings is 1. The maximum Gasteiger partial charge on any atom is 0.142 e. The Morgan fingerprint density at radius 2 is 1.89 bits per heavy atom. The van der Waals surface area contributed by atoms with Crippen LogP contribution >= 0.6 is 0 Å². The Bertz CT molecular complexity index is 374. The number of aliphatic hydroxyl groups excluding tert-OH is 1. The molecule has 4 heteroatoms. The SMILES string of the molecule is COc1ccccc1N1CCN(C[C@@H](C)O)CC1. The molecule has 1 saturated heterocycles. The number of aliphatic hydroxyl groups is 1. The van der Waals surface area contributed by atoms with Crippen LogP contribution in [-0.4, -0.2) is 55.9 Å². The van der Waals surface area contributed by atoms with E-state index in [4.69, 9.17) is 4.74 Å². The van der Waals surface area contributed by atoms with Gasteiger partial charge in [0.2, 0.25) is 0 Å². The van der Waals surface area contributed by atoms with Crippen LogP contribution < -0.4 is 9.64 Å². The molecule has 0 radical (unpaired) electrons. The third kappa shape index (κ3) is 3.15. The number of rotatable bonds is 4. The van der Waals surface area contributed by atoms with Crippen LogP contribution in [0.4, 0.5) is 5.69 Å². The van der Waals surface area contributed by atoms with E-state index in [0.717, 1.165) is 44.2 Å². The number of hydrogen-bond acceptors (Lipinski definition) is 4. The topological polar surface area (TPSA) is 35.9 Å². The summed E-state index contributed by atoms with van der Waals surface area (Å²) in [4.78, 5) is 4.65. The number of para-hydroxylation sites is 2. The Labute approximate surface area is 109 Å². The summed E-state index contributed by atoms with van der Waals surface area (Å²) in [6.45, 7) is 6.54. The predicted molar refractivity (Wildman–Crippen MR) is 73.3 cm³/mol. The van der Waals surface area contributed by atoms with Crippen LogP contribution in [-0.2, 0) is 0 Å². The summed E-state index contributed by atoms with van der Waals surface area (Å²) in [6, 6.07) is 8.13. The Hall–Kier alpha value is -1.26. The Morgan fingerprint density at radius 1 is 1.22 bits per heavy atom. The van der Waals surface area contributed by atoms with Crippen LogP contribution in [0.2, 0.25) is 0 Å². The third-order valence-electron chi connectivity index (χ3n) is 3.32. The molecule has 0 bridgehead atoms. The molecule has 1 heterocycles. The fourth-order valence-electron chi connectivity index (χ4n) is 2.44. The molecule has 0 aromatic heterocycles. The molecule has 18 heavy (non-hydrogen) atoms. The minimum atomic E-state index is -0.247. The number of piperazine rings is 1. The molecule has 1 aliphatic heterocycles. The van der Waals surface area contributed by atoms with Crippen molar-refractivity contribution in [2.45, 2.75) is 13.0 Å². The van der Waals surface area contributed by atoms with Crippen LogP contribution in [0.15, 0.2) is 24.3 Å². The standard InChI is InChI=1S/C14H22N2O2/c1-12(17)11-15-7-9-16(10-8-15)13-5-3-4-6-14(13)18-2/h3-6,12,17H,7-11H2,1-2H3/t12-/m1/s1. The lowest BCUT2D eigenvalue weighted by atomic mass is 10.2. The minimum absolute atomic E-state index is 0.247.